The van der Waals surface area contributed by atoms with Crippen LogP contribution in [0.3, 0.4) is 0 Å². The van der Waals surface area contributed by atoms with E-state index in [0.29, 0.717) is 12.4 Å². The molecule has 0 bridgehead atoms. The van der Waals surface area contributed by atoms with Crippen LogP contribution in [0, 0.1) is 19.7 Å². The largest absolute Gasteiger partial charge is 0.370 e. The normalized spacial score (nSPS) is 11.2. The summed E-state index contributed by atoms with van der Waals surface area (Å²) in [6, 6.07) is 12.9. The second kappa shape index (κ2) is 8.47. The number of benzene rings is 2. The zero-order valence-electron chi connectivity index (χ0n) is 17.6. The molecule has 0 aliphatic heterocycles. The highest BCUT2D eigenvalue weighted by atomic mass is 32.1. The minimum Gasteiger partial charge on any atom is -0.370 e. The van der Waals surface area contributed by atoms with Gasteiger partial charge in [0.25, 0.3) is 5.89 Å². The number of aryl methyl sites for hydroxylation is 2. The molecule has 3 heterocycles. The standard InChI is InChI=1S/C24H20FN5OS/c1-14-9-18(25)10-20-19(15(2)32-23(14)20)7-8-26-22-11-21(27-12-28-22)16-3-5-17(6-4-16)24-29-13-30-31-24/h3-6,9-13H,7-8H2,1-2H3,(H,26,27,28). The Hall–Kier alpha value is -3.65. The Bertz CT molecular complexity index is 1380. The first-order valence-electron chi connectivity index (χ1n) is 10.2. The minimum absolute atomic E-state index is 0.187. The lowest BCUT2D eigenvalue weighted by Gasteiger charge is -2.08. The van der Waals surface area contributed by atoms with Gasteiger partial charge in [-0.3, -0.25) is 0 Å². The maximum Gasteiger partial charge on any atom is 0.257 e. The Kier molecular flexibility index (Phi) is 5.36. The number of rotatable bonds is 6. The van der Waals surface area contributed by atoms with Crippen LogP contribution in [0.5, 0.6) is 0 Å². The van der Waals surface area contributed by atoms with Gasteiger partial charge in [-0.15, -0.1) is 11.3 Å². The average molecular weight is 446 g/mol. The maximum absolute atomic E-state index is 13.9. The highest BCUT2D eigenvalue weighted by Gasteiger charge is 2.12. The summed E-state index contributed by atoms with van der Waals surface area (Å²) in [5.74, 6) is 1.04. The Balaban J connectivity index is 1.30. The molecule has 0 amide bonds. The molecule has 5 rings (SSSR count). The lowest BCUT2D eigenvalue weighted by atomic mass is 10.1. The fraction of sp³-hybridized carbons (Fsp3) is 0.167. The van der Waals surface area contributed by atoms with Gasteiger partial charge in [-0.2, -0.15) is 4.98 Å². The van der Waals surface area contributed by atoms with Gasteiger partial charge < -0.3 is 9.84 Å². The summed E-state index contributed by atoms with van der Waals surface area (Å²) in [6.07, 6.45) is 3.71. The monoisotopic (exact) mass is 445 g/mol. The van der Waals surface area contributed by atoms with Crippen LogP contribution in [0.2, 0.25) is 0 Å². The van der Waals surface area contributed by atoms with Crippen LogP contribution in [-0.2, 0) is 6.42 Å². The molecule has 0 spiro atoms. The molecule has 0 aliphatic carbocycles. The first-order valence-corrected chi connectivity index (χ1v) is 11.0. The van der Waals surface area contributed by atoms with E-state index >= 15 is 0 Å². The van der Waals surface area contributed by atoms with Crippen molar-refractivity contribution in [3.63, 3.8) is 0 Å². The van der Waals surface area contributed by atoms with Gasteiger partial charge in [-0.05, 0) is 61.0 Å². The van der Waals surface area contributed by atoms with E-state index in [1.807, 2.05) is 37.3 Å². The number of thiophene rings is 1. The van der Waals surface area contributed by atoms with Gasteiger partial charge in [-0.25, -0.2) is 14.4 Å². The van der Waals surface area contributed by atoms with Gasteiger partial charge >= 0.3 is 0 Å². The van der Waals surface area contributed by atoms with Gasteiger partial charge in [0.1, 0.15) is 18.0 Å². The molecule has 8 heteroatoms. The second-order valence-corrected chi connectivity index (χ2v) is 8.75. The van der Waals surface area contributed by atoms with E-state index in [9.17, 15) is 4.39 Å². The molecule has 0 saturated heterocycles. The number of anilines is 1. The van der Waals surface area contributed by atoms with E-state index in [1.165, 1.54) is 16.8 Å². The van der Waals surface area contributed by atoms with Gasteiger partial charge in [0.2, 0.25) is 0 Å². The summed E-state index contributed by atoms with van der Waals surface area (Å²) < 4.78 is 20.2. The maximum atomic E-state index is 13.9. The quantitative estimate of drug-likeness (QED) is 0.355. The van der Waals surface area contributed by atoms with Gasteiger partial charge in [-0.1, -0.05) is 17.3 Å². The topological polar surface area (TPSA) is 76.7 Å². The predicted molar refractivity (Wildman–Crippen MR) is 124 cm³/mol. The molecule has 3 aromatic heterocycles. The molecule has 160 valence electrons. The molecule has 0 saturated carbocycles. The molecule has 0 fully saturated rings. The SMILES string of the molecule is Cc1sc2c(C)cc(F)cc2c1CCNc1cc(-c2ccc(-c3ncno3)cc2)ncn1. The number of halogens is 1. The minimum atomic E-state index is -0.187. The molecule has 0 unspecified atom stereocenters. The second-order valence-electron chi connectivity index (χ2n) is 7.53. The van der Waals surface area contributed by atoms with Crippen molar-refractivity contribution in [1.82, 2.24) is 20.1 Å². The molecule has 0 radical (unpaired) electrons. The Morgan fingerprint density at radius 1 is 0.969 bits per heavy atom. The summed E-state index contributed by atoms with van der Waals surface area (Å²) in [5, 5.41) is 8.02. The van der Waals surface area contributed by atoms with Gasteiger partial charge in [0.05, 0.1) is 5.69 Å². The van der Waals surface area contributed by atoms with E-state index in [2.05, 4.69) is 32.3 Å². The van der Waals surface area contributed by atoms with E-state index in [4.69, 9.17) is 4.52 Å². The number of hydrogen-bond donors (Lipinski definition) is 1. The van der Waals surface area contributed by atoms with Crippen molar-refractivity contribution < 1.29 is 8.91 Å². The third kappa shape index (κ3) is 3.97. The molecule has 1 N–H and O–H groups in total. The Morgan fingerprint density at radius 3 is 2.56 bits per heavy atom. The number of aromatic nitrogens is 4. The van der Waals surface area contributed by atoms with Crippen molar-refractivity contribution in [3.8, 4) is 22.7 Å². The average Bonchev–Trinajstić information content (AvgIpc) is 3.43. The first-order chi connectivity index (χ1) is 15.6. The van der Waals surface area contributed by atoms with Gasteiger partial charge in [0.15, 0.2) is 6.33 Å². The van der Waals surface area contributed by atoms with Crippen LogP contribution >= 0.6 is 11.3 Å². The highest BCUT2D eigenvalue weighted by Crippen LogP contribution is 2.34. The van der Waals surface area contributed by atoms with Crippen molar-refractivity contribution in [1.29, 1.82) is 0 Å². The molecule has 0 atom stereocenters. The Labute approximate surface area is 188 Å². The Morgan fingerprint density at radius 2 is 1.78 bits per heavy atom. The van der Waals surface area contributed by atoms with Crippen LogP contribution in [0.1, 0.15) is 16.0 Å². The van der Waals surface area contributed by atoms with Crippen molar-refractivity contribution in [2.45, 2.75) is 20.3 Å². The molecule has 32 heavy (non-hydrogen) atoms. The summed E-state index contributed by atoms with van der Waals surface area (Å²) in [5.41, 5.74) is 4.80. The van der Waals surface area contributed by atoms with Crippen LogP contribution in [0.4, 0.5) is 10.2 Å². The third-order valence-corrected chi connectivity index (χ3v) is 6.68. The summed E-state index contributed by atoms with van der Waals surface area (Å²) in [7, 11) is 0. The molecule has 0 aliphatic rings. The van der Waals surface area contributed by atoms with Crippen LogP contribution in [0.25, 0.3) is 32.8 Å². The number of nitrogens with one attached hydrogen (secondary N) is 1. The number of hydrogen-bond acceptors (Lipinski definition) is 7. The summed E-state index contributed by atoms with van der Waals surface area (Å²) >= 11 is 1.73. The van der Waals surface area contributed by atoms with E-state index in [-0.39, 0.29) is 5.82 Å². The molecular formula is C24H20FN5OS. The van der Waals surface area contributed by atoms with Crippen LogP contribution in [0.15, 0.2) is 59.6 Å². The van der Waals surface area contributed by atoms with Crippen LogP contribution < -0.4 is 5.32 Å². The molecule has 6 nitrogen and oxygen atoms in total. The number of nitrogens with zero attached hydrogens (tertiary/aromatic N) is 4. The van der Waals surface area contributed by atoms with E-state index in [0.717, 1.165) is 44.7 Å². The van der Waals surface area contributed by atoms with E-state index < -0.39 is 0 Å². The summed E-state index contributed by atoms with van der Waals surface area (Å²) in [6.45, 7) is 4.74. The predicted octanol–water partition coefficient (Wildman–Crippen LogP) is 5.82. The van der Waals surface area contributed by atoms with E-state index in [1.54, 1.807) is 29.8 Å². The van der Waals surface area contributed by atoms with Crippen molar-refractivity contribution in [2.75, 3.05) is 11.9 Å². The zero-order chi connectivity index (χ0) is 22.1. The van der Waals surface area contributed by atoms with Crippen molar-refractivity contribution in [3.05, 3.63) is 76.9 Å². The molecule has 2 aromatic carbocycles. The smallest absolute Gasteiger partial charge is 0.257 e. The van der Waals surface area contributed by atoms with Crippen molar-refractivity contribution >= 4 is 27.2 Å². The number of fused-ring (bicyclic) bond motifs is 1. The van der Waals surface area contributed by atoms with Gasteiger partial charge in [0, 0.05) is 33.3 Å². The lowest BCUT2D eigenvalue weighted by Crippen LogP contribution is -2.07. The van der Waals surface area contributed by atoms with Crippen LogP contribution in [-0.4, -0.2) is 26.7 Å². The zero-order valence-corrected chi connectivity index (χ0v) is 18.4. The molecular weight excluding hydrogens is 425 g/mol. The third-order valence-electron chi connectivity index (χ3n) is 5.38. The van der Waals surface area contributed by atoms with Crippen molar-refractivity contribution in [2.24, 2.45) is 0 Å². The fourth-order valence-electron chi connectivity index (χ4n) is 3.82. The lowest BCUT2D eigenvalue weighted by molar-refractivity contribution is 0.430. The first kappa shape index (κ1) is 20.3. The highest BCUT2D eigenvalue weighted by molar-refractivity contribution is 7.19. The fourth-order valence-corrected chi connectivity index (χ4v) is 4.97. The summed E-state index contributed by atoms with van der Waals surface area (Å²) in [4.78, 5) is 14.0. The molecule has 5 aromatic rings.